The first-order valence-electron chi connectivity index (χ1n) is 8.29. The Bertz CT molecular complexity index is 686. The molecule has 0 aromatic heterocycles. The fraction of sp³-hybridized carbons (Fsp3) is 0.350. The first-order chi connectivity index (χ1) is 12.1. The minimum absolute atomic E-state index is 0.0765. The summed E-state index contributed by atoms with van der Waals surface area (Å²) in [6, 6.07) is 14.0. The molecule has 2 rings (SSSR count). The SMILES string of the molecule is COc1ccc(SCCC(=O)NCCc2cc(C)ccc2OC)cc1. The van der Waals surface area contributed by atoms with E-state index in [-0.39, 0.29) is 5.91 Å². The van der Waals surface area contributed by atoms with Crippen LogP contribution in [0.15, 0.2) is 47.4 Å². The van der Waals surface area contributed by atoms with E-state index in [0.29, 0.717) is 13.0 Å². The van der Waals surface area contributed by atoms with Crippen LogP contribution in [-0.2, 0) is 11.2 Å². The molecule has 0 heterocycles. The minimum Gasteiger partial charge on any atom is -0.497 e. The van der Waals surface area contributed by atoms with Crippen LogP contribution in [0.25, 0.3) is 0 Å². The van der Waals surface area contributed by atoms with Gasteiger partial charge in [0.25, 0.3) is 0 Å². The van der Waals surface area contributed by atoms with Gasteiger partial charge in [-0.2, -0.15) is 0 Å². The van der Waals surface area contributed by atoms with E-state index in [2.05, 4.69) is 18.3 Å². The molecule has 0 unspecified atom stereocenters. The zero-order valence-electron chi connectivity index (χ0n) is 15.0. The summed E-state index contributed by atoms with van der Waals surface area (Å²) in [6.07, 6.45) is 1.27. The average molecular weight is 359 g/mol. The zero-order chi connectivity index (χ0) is 18.1. The van der Waals surface area contributed by atoms with Crippen molar-refractivity contribution in [3.63, 3.8) is 0 Å². The molecule has 0 bridgehead atoms. The second-order valence-electron chi connectivity index (χ2n) is 5.69. The van der Waals surface area contributed by atoms with Gasteiger partial charge in [0.1, 0.15) is 11.5 Å². The van der Waals surface area contributed by atoms with Crippen LogP contribution in [0.3, 0.4) is 0 Å². The van der Waals surface area contributed by atoms with Gasteiger partial charge in [-0.1, -0.05) is 17.7 Å². The summed E-state index contributed by atoms with van der Waals surface area (Å²) in [5.41, 5.74) is 2.31. The second kappa shape index (κ2) is 9.99. The number of benzene rings is 2. The maximum Gasteiger partial charge on any atom is 0.220 e. The molecule has 1 N–H and O–H groups in total. The third-order valence-corrected chi connectivity index (χ3v) is 4.82. The van der Waals surface area contributed by atoms with Gasteiger partial charge in [-0.3, -0.25) is 4.79 Å². The molecule has 0 aliphatic rings. The summed E-state index contributed by atoms with van der Waals surface area (Å²) in [5, 5.41) is 2.98. The standard InChI is InChI=1S/C20H25NO3S/c1-15-4-9-19(24-3)16(14-15)10-12-21-20(22)11-13-25-18-7-5-17(23-2)6-8-18/h4-9,14H,10-13H2,1-3H3,(H,21,22). The zero-order valence-corrected chi connectivity index (χ0v) is 15.8. The van der Waals surface area contributed by atoms with Crippen LogP contribution in [-0.4, -0.2) is 32.4 Å². The van der Waals surface area contributed by atoms with Crippen molar-refractivity contribution in [1.82, 2.24) is 5.32 Å². The molecule has 0 saturated heterocycles. The molecule has 0 fully saturated rings. The molecule has 5 heteroatoms. The van der Waals surface area contributed by atoms with Gasteiger partial charge in [0, 0.05) is 23.6 Å². The van der Waals surface area contributed by atoms with Gasteiger partial charge in [0.2, 0.25) is 5.91 Å². The lowest BCUT2D eigenvalue weighted by Crippen LogP contribution is -2.26. The number of hydrogen-bond acceptors (Lipinski definition) is 4. The lowest BCUT2D eigenvalue weighted by atomic mass is 10.1. The van der Waals surface area contributed by atoms with Crippen LogP contribution in [0.4, 0.5) is 0 Å². The fourth-order valence-corrected chi connectivity index (χ4v) is 3.31. The molecule has 25 heavy (non-hydrogen) atoms. The van der Waals surface area contributed by atoms with Crippen molar-refractivity contribution < 1.29 is 14.3 Å². The maximum atomic E-state index is 12.0. The van der Waals surface area contributed by atoms with E-state index in [1.54, 1.807) is 26.0 Å². The first kappa shape index (κ1) is 19.2. The van der Waals surface area contributed by atoms with E-state index >= 15 is 0 Å². The van der Waals surface area contributed by atoms with Crippen molar-refractivity contribution in [2.75, 3.05) is 26.5 Å². The predicted molar refractivity (Wildman–Crippen MR) is 103 cm³/mol. The molecule has 0 aliphatic heterocycles. The number of nitrogens with one attached hydrogen (secondary N) is 1. The van der Waals surface area contributed by atoms with Crippen LogP contribution >= 0.6 is 11.8 Å². The van der Waals surface area contributed by atoms with Gasteiger partial charge in [-0.15, -0.1) is 11.8 Å². The molecule has 1 amide bonds. The summed E-state index contributed by atoms with van der Waals surface area (Å²) < 4.78 is 10.5. The smallest absolute Gasteiger partial charge is 0.220 e. The Morgan fingerprint density at radius 1 is 1.08 bits per heavy atom. The number of thioether (sulfide) groups is 1. The van der Waals surface area contributed by atoms with Crippen LogP contribution in [0.1, 0.15) is 17.5 Å². The van der Waals surface area contributed by atoms with Gasteiger partial charge < -0.3 is 14.8 Å². The third-order valence-electron chi connectivity index (χ3n) is 3.81. The summed E-state index contributed by atoms with van der Waals surface area (Å²) in [7, 11) is 3.32. The first-order valence-corrected chi connectivity index (χ1v) is 9.28. The van der Waals surface area contributed by atoms with Gasteiger partial charge in [0.05, 0.1) is 14.2 Å². The molecular formula is C20H25NO3S. The predicted octanol–water partition coefficient (Wildman–Crippen LogP) is 3.85. The van der Waals surface area contributed by atoms with E-state index in [4.69, 9.17) is 9.47 Å². The number of hydrogen-bond donors (Lipinski definition) is 1. The Labute approximate surface area is 153 Å². The number of ether oxygens (including phenoxy) is 2. The molecule has 0 radical (unpaired) electrons. The summed E-state index contributed by atoms with van der Waals surface area (Å²) in [4.78, 5) is 13.1. The van der Waals surface area contributed by atoms with Crippen LogP contribution in [0.2, 0.25) is 0 Å². The van der Waals surface area contributed by atoms with Crippen molar-refractivity contribution in [2.45, 2.75) is 24.7 Å². The van der Waals surface area contributed by atoms with Crippen LogP contribution in [0, 0.1) is 6.92 Å². The van der Waals surface area contributed by atoms with Crippen molar-refractivity contribution in [1.29, 1.82) is 0 Å². The molecule has 134 valence electrons. The topological polar surface area (TPSA) is 47.6 Å². The number of amides is 1. The lowest BCUT2D eigenvalue weighted by Gasteiger charge is -2.10. The number of rotatable bonds is 9. The minimum atomic E-state index is 0.0765. The Morgan fingerprint density at radius 2 is 1.84 bits per heavy atom. The van der Waals surface area contributed by atoms with Gasteiger partial charge >= 0.3 is 0 Å². The molecule has 0 aliphatic carbocycles. The Hall–Kier alpha value is -2.14. The van der Waals surface area contributed by atoms with Gasteiger partial charge in [-0.05, 0) is 49.2 Å². The van der Waals surface area contributed by atoms with Gasteiger partial charge in [0.15, 0.2) is 0 Å². The number of carbonyl (C=O) groups is 1. The largest absolute Gasteiger partial charge is 0.497 e. The van der Waals surface area contributed by atoms with Crippen LogP contribution < -0.4 is 14.8 Å². The lowest BCUT2D eigenvalue weighted by molar-refractivity contribution is -0.120. The van der Waals surface area contributed by atoms with E-state index < -0.39 is 0 Å². The third kappa shape index (κ3) is 6.35. The maximum absolute atomic E-state index is 12.0. The molecule has 0 spiro atoms. The highest BCUT2D eigenvalue weighted by Gasteiger charge is 2.06. The average Bonchev–Trinajstić information content (AvgIpc) is 2.62. The molecular weight excluding hydrogens is 334 g/mol. The van der Waals surface area contributed by atoms with Crippen LogP contribution in [0.5, 0.6) is 11.5 Å². The number of aryl methyl sites for hydroxylation is 1. The Kier molecular flexibility index (Phi) is 7.67. The van der Waals surface area contributed by atoms with E-state index in [9.17, 15) is 4.79 Å². The van der Waals surface area contributed by atoms with E-state index in [1.807, 2.05) is 36.4 Å². The summed E-state index contributed by atoms with van der Waals surface area (Å²) in [6.45, 7) is 2.67. The monoisotopic (exact) mass is 359 g/mol. The molecule has 2 aromatic rings. The van der Waals surface area contributed by atoms with E-state index in [1.165, 1.54) is 5.56 Å². The molecule has 0 atom stereocenters. The highest BCUT2D eigenvalue weighted by Crippen LogP contribution is 2.22. The van der Waals surface area contributed by atoms with Crippen molar-refractivity contribution >= 4 is 17.7 Å². The van der Waals surface area contributed by atoms with Crippen molar-refractivity contribution in [3.8, 4) is 11.5 Å². The van der Waals surface area contributed by atoms with Gasteiger partial charge in [-0.25, -0.2) is 0 Å². The highest BCUT2D eigenvalue weighted by molar-refractivity contribution is 7.99. The number of carbonyl (C=O) groups excluding carboxylic acids is 1. The Balaban J connectivity index is 1.69. The fourth-order valence-electron chi connectivity index (χ4n) is 2.46. The normalized spacial score (nSPS) is 10.4. The van der Waals surface area contributed by atoms with Crippen molar-refractivity contribution in [2.24, 2.45) is 0 Å². The summed E-state index contributed by atoms with van der Waals surface area (Å²) in [5.74, 6) is 2.54. The summed E-state index contributed by atoms with van der Waals surface area (Å²) >= 11 is 1.67. The molecule has 4 nitrogen and oxygen atoms in total. The quantitative estimate of drug-likeness (QED) is 0.691. The Morgan fingerprint density at radius 3 is 2.52 bits per heavy atom. The highest BCUT2D eigenvalue weighted by atomic mass is 32.2. The molecule has 2 aromatic carbocycles. The van der Waals surface area contributed by atoms with E-state index in [0.717, 1.165) is 34.1 Å². The van der Waals surface area contributed by atoms with Crippen molar-refractivity contribution in [3.05, 3.63) is 53.6 Å². The molecule has 0 saturated carbocycles. The second-order valence-corrected chi connectivity index (χ2v) is 6.86. The number of methoxy groups -OCH3 is 2.